The molecule has 29 heavy (non-hydrogen) atoms. The first-order valence-electron chi connectivity index (χ1n) is 9.56. The van der Waals surface area contributed by atoms with E-state index in [0.29, 0.717) is 28.6 Å². The van der Waals surface area contributed by atoms with Crippen LogP contribution in [0.1, 0.15) is 46.2 Å². The molecule has 0 atom stereocenters. The molecule has 0 saturated heterocycles. The molecule has 0 aliphatic carbocycles. The van der Waals surface area contributed by atoms with Crippen LogP contribution in [0, 0.1) is 0 Å². The van der Waals surface area contributed by atoms with Crippen molar-refractivity contribution in [3.8, 4) is 11.3 Å². The van der Waals surface area contributed by atoms with Gasteiger partial charge in [0.2, 0.25) is 5.78 Å². The number of hydrogen-bond donors (Lipinski definition) is 0. The number of thioether (sulfide) groups is 1. The van der Waals surface area contributed by atoms with Gasteiger partial charge in [-0.2, -0.15) is 0 Å². The SMILES string of the molecule is CCCCOC(=O)c1ccc(-c2ccc(/C=C3\Sc4ccccc4C3=O)o2)cc1. The van der Waals surface area contributed by atoms with E-state index < -0.39 is 0 Å². The highest BCUT2D eigenvalue weighted by atomic mass is 32.2. The third-order valence-corrected chi connectivity index (χ3v) is 5.71. The molecule has 0 fully saturated rings. The van der Waals surface area contributed by atoms with Crippen LogP contribution in [0.15, 0.2) is 74.9 Å². The average molecular weight is 404 g/mol. The van der Waals surface area contributed by atoms with Gasteiger partial charge in [0.05, 0.1) is 17.1 Å². The molecule has 3 aromatic rings. The van der Waals surface area contributed by atoms with Gasteiger partial charge in [-0.25, -0.2) is 4.79 Å². The molecule has 0 amide bonds. The fraction of sp³-hybridized carbons (Fsp3) is 0.167. The second-order valence-electron chi connectivity index (χ2n) is 6.70. The number of allylic oxidation sites excluding steroid dienone is 1. The Labute approximate surface area is 173 Å². The Kier molecular flexibility index (Phi) is 5.67. The Morgan fingerprint density at radius 1 is 1.07 bits per heavy atom. The van der Waals surface area contributed by atoms with Gasteiger partial charge < -0.3 is 9.15 Å². The van der Waals surface area contributed by atoms with Crippen molar-refractivity contribution >= 4 is 29.6 Å². The molecule has 0 spiro atoms. The first-order valence-corrected chi connectivity index (χ1v) is 10.4. The molecule has 1 aromatic heterocycles. The van der Waals surface area contributed by atoms with Crippen molar-refractivity contribution in [1.29, 1.82) is 0 Å². The van der Waals surface area contributed by atoms with Crippen molar-refractivity contribution in [2.45, 2.75) is 24.7 Å². The van der Waals surface area contributed by atoms with Crippen molar-refractivity contribution in [1.82, 2.24) is 0 Å². The molecule has 146 valence electrons. The lowest BCUT2D eigenvalue weighted by Gasteiger charge is -2.04. The maximum Gasteiger partial charge on any atom is 0.338 e. The molecule has 0 unspecified atom stereocenters. The zero-order valence-electron chi connectivity index (χ0n) is 16.0. The highest BCUT2D eigenvalue weighted by Crippen LogP contribution is 2.40. The number of ether oxygens (including phenoxy) is 1. The molecular weight excluding hydrogens is 384 g/mol. The van der Waals surface area contributed by atoms with Gasteiger partial charge in [-0.15, -0.1) is 0 Å². The van der Waals surface area contributed by atoms with E-state index in [4.69, 9.17) is 9.15 Å². The van der Waals surface area contributed by atoms with Gasteiger partial charge in [0.25, 0.3) is 0 Å². The van der Waals surface area contributed by atoms with Crippen molar-refractivity contribution in [3.05, 3.63) is 82.5 Å². The number of unbranched alkanes of at least 4 members (excludes halogenated alkanes) is 1. The largest absolute Gasteiger partial charge is 0.462 e. The maximum absolute atomic E-state index is 12.5. The van der Waals surface area contributed by atoms with Crippen LogP contribution < -0.4 is 0 Å². The molecule has 0 N–H and O–H groups in total. The van der Waals surface area contributed by atoms with Crippen LogP contribution >= 0.6 is 11.8 Å². The third kappa shape index (κ3) is 4.20. The summed E-state index contributed by atoms with van der Waals surface area (Å²) < 4.78 is 11.1. The summed E-state index contributed by atoms with van der Waals surface area (Å²) in [6.45, 7) is 2.49. The summed E-state index contributed by atoms with van der Waals surface area (Å²) in [6, 6.07) is 18.4. The first-order chi connectivity index (χ1) is 14.2. The van der Waals surface area contributed by atoms with Crippen molar-refractivity contribution in [3.63, 3.8) is 0 Å². The number of rotatable bonds is 6. The lowest BCUT2D eigenvalue weighted by Crippen LogP contribution is -2.05. The molecular formula is C24H20O4S. The van der Waals surface area contributed by atoms with E-state index in [1.807, 2.05) is 48.5 Å². The maximum atomic E-state index is 12.5. The number of furan rings is 1. The molecule has 5 heteroatoms. The Balaban J connectivity index is 1.47. The van der Waals surface area contributed by atoms with Crippen molar-refractivity contribution in [2.24, 2.45) is 0 Å². The number of benzene rings is 2. The number of carbonyl (C=O) groups is 2. The summed E-state index contributed by atoms with van der Waals surface area (Å²) in [6.07, 6.45) is 3.62. The zero-order chi connectivity index (χ0) is 20.2. The molecule has 1 aliphatic heterocycles. The van der Waals surface area contributed by atoms with E-state index in [1.54, 1.807) is 18.2 Å². The summed E-state index contributed by atoms with van der Waals surface area (Å²) in [7, 11) is 0. The predicted molar refractivity (Wildman–Crippen MR) is 114 cm³/mol. The second kappa shape index (κ2) is 8.53. The van der Waals surface area contributed by atoms with Gasteiger partial charge in [0.1, 0.15) is 11.5 Å². The van der Waals surface area contributed by atoms with Crippen molar-refractivity contribution in [2.75, 3.05) is 6.61 Å². The van der Waals surface area contributed by atoms with Crippen LogP contribution in [0.2, 0.25) is 0 Å². The number of fused-ring (bicyclic) bond motifs is 1. The van der Waals surface area contributed by atoms with Crippen LogP contribution in [-0.2, 0) is 4.74 Å². The van der Waals surface area contributed by atoms with E-state index >= 15 is 0 Å². The molecule has 0 radical (unpaired) electrons. The Morgan fingerprint density at radius 3 is 2.62 bits per heavy atom. The molecule has 0 bridgehead atoms. The zero-order valence-corrected chi connectivity index (χ0v) is 16.8. The third-order valence-electron chi connectivity index (χ3n) is 4.61. The van der Waals surface area contributed by atoms with Crippen LogP contribution in [0.25, 0.3) is 17.4 Å². The Hall–Kier alpha value is -3.05. The summed E-state index contributed by atoms with van der Waals surface area (Å²) in [4.78, 5) is 26.1. The van der Waals surface area contributed by atoms with Crippen LogP contribution in [0.4, 0.5) is 0 Å². The highest BCUT2D eigenvalue weighted by Gasteiger charge is 2.25. The van der Waals surface area contributed by atoms with Gasteiger partial charge in [-0.1, -0.05) is 49.4 Å². The van der Waals surface area contributed by atoms with E-state index in [0.717, 1.165) is 28.9 Å². The minimum atomic E-state index is -0.314. The van der Waals surface area contributed by atoms with E-state index in [9.17, 15) is 9.59 Å². The lowest BCUT2D eigenvalue weighted by atomic mass is 10.1. The summed E-state index contributed by atoms with van der Waals surface area (Å²) in [5, 5.41) is 0. The number of Topliss-reactive ketones (excluding diaryl/α,β-unsaturated/α-hetero) is 1. The Bertz CT molecular complexity index is 1080. The topological polar surface area (TPSA) is 56.5 Å². The first kappa shape index (κ1) is 19.3. The standard InChI is InChI=1S/C24H20O4S/c1-2-3-14-27-24(26)17-10-8-16(9-11-17)20-13-12-18(28-20)15-22-23(25)19-6-4-5-7-21(19)29-22/h4-13,15H,2-3,14H2,1H3/b22-15-. The fourth-order valence-corrected chi connectivity index (χ4v) is 4.05. The lowest BCUT2D eigenvalue weighted by molar-refractivity contribution is 0.0499. The van der Waals surface area contributed by atoms with Crippen LogP contribution in [0.3, 0.4) is 0 Å². The monoisotopic (exact) mass is 404 g/mol. The summed E-state index contributed by atoms with van der Waals surface area (Å²) in [5.41, 5.74) is 2.11. The van der Waals surface area contributed by atoms with Crippen LogP contribution in [-0.4, -0.2) is 18.4 Å². The van der Waals surface area contributed by atoms with E-state index in [1.165, 1.54) is 11.8 Å². The molecule has 2 heterocycles. The number of hydrogen-bond acceptors (Lipinski definition) is 5. The van der Waals surface area contributed by atoms with Gasteiger partial charge in [-0.3, -0.25) is 4.79 Å². The van der Waals surface area contributed by atoms with Crippen LogP contribution in [0.5, 0.6) is 0 Å². The minimum absolute atomic E-state index is 0.0227. The number of esters is 1. The van der Waals surface area contributed by atoms with Crippen molar-refractivity contribution < 1.29 is 18.7 Å². The fourth-order valence-electron chi connectivity index (χ4n) is 3.01. The molecule has 1 aliphatic rings. The van der Waals surface area contributed by atoms with Gasteiger partial charge in [-0.05, 0) is 48.9 Å². The predicted octanol–water partition coefficient (Wildman–Crippen LogP) is 6.23. The number of ketones is 1. The summed E-state index contributed by atoms with van der Waals surface area (Å²) in [5.74, 6) is 1.00. The highest BCUT2D eigenvalue weighted by molar-refractivity contribution is 8.04. The quantitative estimate of drug-likeness (QED) is 0.277. The molecule has 4 nitrogen and oxygen atoms in total. The summed E-state index contributed by atoms with van der Waals surface area (Å²) >= 11 is 1.46. The van der Waals surface area contributed by atoms with Gasteiger partial charge in [0, 0.05) is 16.0 Å². The van der Waals surface area contributed by atoms with Gasteiger partial charge in [0.15, 0.2) is 0 Å². The normalized spacial score (nSPS) is 14.2. The second-order valence-corrected chi connectivity index (χ2v) is 7.79. The van der Waals surface area contributed by atoms with E-state index in [2.05, 4.69) is 6.92 Å². The van der Waals surface area contributed by atoms with Gasteiger partial charge >= 0.3 is 5.97 Å². The molecule has 4 rings (SSSR count). The number of carbonyl (C=O) groups excluding carboxylic acids is 2. The minimum Gasteiger partial charge on any atom is -0.462 e. The Morgan fingerprint density at radius 2 is 1.86 bits per heavy atom. The van der Waals surface area contributed by atoms with E-state index in [-0.39, 0.29) is 11.8 Å². The average Bonchev–Trinajstić information content (AvgIpc) is 3.34. The molecule has 2 aromatic carbocycles. The smallest absolute Gasteiger partial charge is 0.338 e. The molecule has 0 saturated carbocycles.